The van der Waals surface area contributed by atoms with Crippen LogP contribution in [0.25, 0.3) is 0 Å². The smallest absolute Gasteiger partial charge is 0.310 e. The molecule has 2 rings (SSSR count). The van der Waals surface area contributed by atoms with Crippen molar-refractivity contribution in [1.29, 1.82) is 0 Å². The van der Waals surface area contributed by atoms with Gasteiger partial charge in [-0.05, 0) is 38.0 Å². The Kier molecular flexibility index (Phi) is 3.89. The van der Waals surface area contributed by atoms with Crippen LogP contribution in [0.5, 0.6) is 11.5 Å². The summed E-state index contributed by atoms with van der Waals surface area (Å²) >= 11 is 0. The topological polar surface area (TPSA) is 59.0 Å². The van der Waals surface area contributed by atoms with Gasteiger partial charge >= 0.3 is 5.87 Å². The molecule has 0 amide bonds. The van der Waals surface area contributed by atoms with Crippen LogP contribution in [0.2, 0.25) is 0 Å². The van der Waals surface area contributed by atoms with Gasteiger partial charge in [0.2, 0.25) is 0 Å². The number of Topliss-reactive ketones (excluding diaryl/α,β-unsaturated/α-hetero) is 1. The Morgan fingerprint density at radius 1 is 1.35 bits per heavy atom. The van der Waals surface area contributed by atoms with E-state index in [2.05, 4.69) is 0 Å². The molecule has 0 aromatic heterocycles. The van der Waals surface area contributed by atoms with E-state index in [4.69, 9.17) is 9.47 Å². The van der Waals surface area contributed by atoms with Crippen molar-refractivity contribution in [3.8, 4) is 11.5 Å². The number of carbonyl (C=O) groups excluding carboxylic acids is 1. The molecule has 0 saturated carbocycles. The second-order valence-electron chi connectivity index (χ2n) is 5.56. The van der Waals surface area contributed by atoms with Crippen LogP contribution in [0, 0.1) is 0 Å². The lowest BCUT2D eigenvalue weighted by atomic mass is 9.76. The molecule has 1 aliphatic rings. The maximum atomic E-state index is 12.5. The highest BCUT2D eigenvalue weighted by Gasteiger charge is 2.34. The van der Waals surface area contributed by atoms with E-state index in [0.29, 0.717) is 17.1 Å². The lowest BCUT2D eigenvalue weighted by molar-refractivity contribution is -0.178. The van der Waals surface area contributed by atoms with Gasteiger partial charge < -0.3 is 19.5 Å². The minimum absolute atomic E-state index is 0.0131. The molecule has 1 heterocycles. The zero-order valence-electron chi connectivity index (χ0n) is 12.5. The monoisotopic (exact) mass is 273 g/mol. The Morgan fingerprint density at radius 3 is 2.55 bits per heavy atom. The van der Waals surface area contributed by atoms with Gasteiger partial charge in [-0.3, -0.25) is 4.79 Å². The maximum absolute atomic E-state index is 12.5. The summed E-state index contributed by atoms with van der Waals surface area (Å²) in [6, 6.07) is 4.72. The normalized spacial score (nSPS) is 22.2. The predicted octanol–water partition coefficient (Wildman–Crippen LogP) is -2.25. The minimum atomic E-state index is -1.66. The quantitative estimate of drug-likeness (QED) is 0.496. The minimum Gasteiger partial charge on any atom is -0.435 e. The van der Waals surface area contributed by atoms with Crippen molar-refractivity contribution in [3.05, 3.63) is 23.8 Å². The first-order valence-corrected chi connectivity index (χ1v) is 6.72. The Balaban J connectivity index is 2.21. The fourth-order valence-corrected chi connectivity index (χ4v) is 2.13. The maximum Gasteiger partial charge on any atom is 0.310 e. The standard InChI is InChI=1S/C12H18B3NO4/c1-6(16(2)11(13)14)10(17)7-3-4-8-9(5-7)20-12(15,18)19-8/h3-6,11,18H,13-15H2,1-2H3. The molecule has 5 nitrogen and oxygen atoms in total. The van der Waals surface area contributed by atoms with Gasteiger partial charge in [0.05, 0.1) is 6.04 Å². The number of benzene rings is 1. The molecule has 0 radical (unpaired) electrons. The van der Waals surface area contributed by atoms with Gasteiger partial charge in [0, 0.05) is 5.56 Å². The van der Waals surface area contributed by atoms with Crippen LogP contribution in [0.15, 0.2) is 18.2 Å². The summed E-state index contributed by atoms with van der Waals surface area (Å²) in [6.45, 7) is 1.88. The molecule has 0 aliphatic carbocycles. The van der Waals surface area contributed by atoms with E-state index in [9.17, 15) is 9.90 Å². The van der Waals surface area contributed by atoms with Crippen LogP contribution in [0.4, 0.5) is 0 Å². The molecule has 0 bridgehead atoms. The summed E-state index contributed by atoms with van der Waals surface area (Å²) in [5.41, 5.74) is 0.546. The highest BCUT2D eigenvalue weighted by molar-refractivity contribution is 6.35. The molecule has 2 unspecified atom stereocenters. The van der Waals surface area contributed by atoms with Gasteiger partial charge in [-0.25, -0.2) is 0 Å². The Hall–Kier alpha value is -1.40. The molecule has 1 aromatic rings. The Bertz CT molecular complexity index is 535. The average molecular weight is 273 g/mol. The molecule has 20 heavy (non-hydrogen) atoms. The molecular weight excluding hydrogens is 255 g/mol. The molecule has 8 heteroatoms. The first-order valence-electron chi connectivity index (χ1n) is 6.72. The van der Waals surface area contributed by atoms with E-state index in [-0.39, 0.29) is 17.7 Å². The van der Waals surface area contributed by atoms with Crippen molar-refractivity contribution < 1.29 is 19.4 Å². The van der Waals surface area contributed by atoms with Gasteiger partial charge in [0.15, 0.2) is 17.3 Å². The summed E-state index contributed by atoms with van der Waals surface area (Å²) in [5.74, 6) is -0.538. The number of ketones is 1. The van der Waals surface area contributed by atoms with Crippen molar-refractivity contribution in [2.24, 2.45) is 0 Å². The van der Waals surface area contributed by atoms with Crippen molar-refractivity contribution in [2.45, 2.75) is 24.7 Å². The van der Waals surface area contributed by atoms with Crippen LogP contribution in [-0.4, -0.2) is 64.1 Å². The largest absolute Gasteiger partial charge is 0.435 e. The Morgan fingerprint density at radius 2 is 1.95 bits per heavy atom. The molecular formula is C12H18B3NO4. The van der Waals surface area contributed by atoms with Crippen molar-refractivity contribution >= 4 is 29.3 Å². The number of hydrogen-bond donors (Lipinski definition) is 1. The number of fused-ring (bicyclic) bond motifs is 1. The molecule has 2 atom stereocenters. The molecule has 0 spiro atoms. The lowest BCUT2D eigenvalue weighted by Gasteiger charge is -2.27. The van der Waals surface area contributed by atoms with Crippen LogP contribution < -0.4 is 9.47 Å². The van der Waals surface area contributed by atoms with Crippen molar-refractivity contribution in [3.63, 3.8) is 0 Å². The van der Waals surface area contributed by atoms with Crippen molar-refractivity contribution in [1.82, 2.24) is 4.90 Å². The van der Waals surface area contributed by atoms with Gasteiger partial charge in [0.1, 0.15) is 15.7 Å². The first kappa shape index (κ1) is 15.0. The highest BCUT2D eigenvalue weighted by atomic mass is 16.8. The molecule has 1 aliphatic heterocycles. The fourth-order valence-electron chi connectivity index (χ4n) is 2.13. The van der Waals surface area contributed by atoms with Gasteiger partial charge in [0.25, 0.3) is 7.85 Å². The summed E-state index contributed by atoms with van der Waals surface area (Å²) in [6.07, 6.45) is 0. The summed E-state index contributed by atoms with van der Waals surface area (Å²) in [4.78, 5) is 14.5. The van der Waals surface area contributed by atoms with Crippen molar-refractivity contribution in [2.75, 3.05) is 7.05 Å². The lowest BCUT2D eigenvalue weighted by Crippen LogP contribution is -2.43. The number of likely N-dealkylation sites (N-methyl/N-ethyl adjacent to an activating group) is 1. The third-order valence-electron chi connectivity index (χ3n) is 3.63. The fraction of sp³-hybridized carbons (Fsp3) is 0.417. The summed E-state index contributed by atoms with van der Waals surface area (Å²) in [5, 5.41) is 9.68. The third kappa shape index (κ3) is 2.86. The van der Waals surface area contributed by atoms with E-state index >= 15 is 0 Å². The molecule has 1 N–H and O–H groups in total. The number of rotatable bonds is 4. The highest BCUT2D eigenvalue weighted by Crippen LogP contribution is 2.38. The summed E-state index contributed by atoms with van der Waals surface area (Å²) < 4.78 is 10.4. The number of aliphatic hydroxyl groups is 1. The second kappa shape index (κ2) is 5.18. The summed E-state index contributed by atoms with van der Waals surface area (Å²) in [7, 11) is 7.41. The van der Waals surface area contributed by atoms with E-state index in [1.54, 1.807) is 18.2 Å². The third-order valence-corrected chi connectivity index (χ3v) is 3.63. The predicted molar refractivity (Wildman–Crippen MR) is 83.6 cm³/mol. The van der Waals surface area contributed by atoms with Crippen LogP contribution in [0.1, 0.15) is 17.3 Å². The first-order chi connectivity index (χ1) is 9.21. The second-order valence-corrected chi connectivity index (χ2v) is 5.56. The number of carbonyl (C=O) groups is 1. The average Bonchev–Trinajstić information content (AvgIpc) is 2.68. The van der Waals surface area contributed by atoms with E-state index in [1.807, 2.05) is 34.6 Å². The Labute approximate surface area is 121 Å². The zero-order chi connectivity index (χ0) is 15.1. The number of nitrogens with zero attached hydrogens (tertiary/aromatic N) is 1. The van der Waals surface area contributed by atoms with Crippen LogP contribution in [0.3, 0.4) is 0 Å². The van der Waals surface area contributed by atoms with Crippen LogP contribution in [-0.2, 0) is 0 Å². The zero-order valence-corrected chi connectivity index (χ0v) is 12.5. The molecule has 0 fully saturated rings. The van der Waals surface area contributed by atoms with Gasteiger partial charge in [-0.2, -0.15) is 0 Å². The van der Waals surface area contributed by atoms with Gasteiger partial charge in [-0.15, -0.1) is 0 Å². The van der Waals surface area contributed by atoms with E-state index in [1.165, 1.54) is 7.85 Å². The SMILES string of the molecule is BC(B)N(C)C(C)C(=O)c1ccc2c(c1)OC(B)(O)O2. The van der Waals surface area contributed by atoms with Crippen LogP contribution >= 0.6 is 0 Å². The molecule has 104 valence electrons. The van der Waals surface area contributed by atoms with E-state index < -0.39 is 5.87 Å². The molecule has 0 saturated heterocycles. The number of ether oxygens (including phenoxy) is 2. The number of hydrogen-bond acceptors (Lipinski definition) is 5. The van der Waals surface area contributed by atoms with E-state index in [0.717, 1.165) is 0 Å². The van der Waals surface area contributed by atoms with Gasteiger partial charge in [-0.1, -0.05) is 0 Å². The molecule has 1 aromatic carbocycles.